The number of ether oxygens (including phenoxy) is 3. The van der Waals surface area contributed by atoms with E-state index >= 15 is 0 Å². The fourth-order valence-corrected chi connectivity index (χ4v) is 5.93. The van der Waals surface area contributed by atoms with Gasteiger partial charge in [0.15, 0.2) is 16.7 Å². The van der Waals surface area contributed by atoms with Gasteiger partial charge in [-0.15, -0.1) is 10.2 Å². The second kappa shape index (κ2) is 13.6. The predicted molar refractivity (Wildman–Crippen MR) is 159 cm³/mol. The smallest absolute Gasteiger partial charge is 0.220 e. The molecular formula is C27H25BrCl2N4O5S. The lowest BCUT2D eigenvalue weighted by Gasteiger charge is -2.19. The average molecular weight is 668 g/mol. The van der Waals surface area contributed by atoms with Crippen molar-refractivity contribution in [1.82, 2.24) is 14.8 Å². The van der Waals surface area contributed by atoms with Crippen molar-refractivity contribution in [3.63, 3.8) is 0 Å². The number of nitro groups is 1. The first-order valence-electron chi connectivity index (χ1n) is 12.1. The zero-order chi connectivity index (χ0) is 28.8. The van der Waals surface area contributed by atoms with E-state index in [1.54, 1.807) is 31.4 Å². The highest BCUT2D eigenvalue weighted by Gasteiger charge is 2.26. The van der Waals surface area contributed by atoms with Crippen LogP contribution in [0, 0.1) is 17.0 Å². The van der Waals surface area contributed by atoms with E-state index in [9.17, 15) is 10.1 Å². The van der Waals surface area contributed by atoms with Crippen molar-refractivity contribution in [3.05, 3.63) is 96.2 Å². The summed E-state index contributed by atoms with van der Waals surface area (Å²) in [5.41, 5.74) is 2.30. The van der Waals surface area contributed by atoms with E-state index in [0.29, 0.717) is 54.9 Å². The maximum Gasteiger partial charge on any atom is 0.220 e. The molecule has 0 saturated carbocycles. The van der Waals surface area contributed by atoms with Gasteiger partial charge in [-0.2, -0.15) is 0 Å². The van der Waals surface area contributed by atoms with E-state index in [1.165, 1.54) is 11.8 Å². The van der Waals surface area contributed by atoms with Crippen LogP contribution in [0.2, 0.25) is 10.0 Å². The van der Waals surface area contributed by atoms with Crippen LogP contribution in [0.1, 0.15) is 29.1 Å². The Balaban J connectivity index is 1.66. The fraction of sp³-hybridized carbons (Fsp3) is 0.259. The molecule has 0 spiro atoms. The quantitative estimate of drug-likeness (QED) is 0.0859. The highest BCUT2D eigenvalue weighted by Crippen LogP contribution is 2.43. The van der Waals surface area contributed by atoms with Crippen LogP contribution >= 0.6 is 50.9 Å². The molecule has 0 fully saturated rings. The summed E-state index contributed by atoms with van der Waals surface area (Å²) >= 11 is 17.0. The molecule has 1 aromatic heterocycles. The molecule has 210 valence electrons. The lowest BCUT2D eigenvalue weighted by atomic mass is 10.1. The van der Waals surface area contributed by atoms with Crippen LogP contribution in [0.15, 0.2) is 64.2 Å². The summed E-state index contributed by atoms with van der Waals surface area (Å²) in [4.78, 5) is 11.4. The first kappa shape index (κ1) is 30.0. The van der Waals surface area contributed by atoms with E-state index in [1.807, 2.05) is 48.7 Å². The molecule has 0 N–H and O–H groups in total. The molecule has 0 unspecified atom stereocenters. The zero-order valence-electron chi connectivity index (χ0n) is 21.8. The van der Waals surface area contributed by atoms with Crippen molar-refractivity contribution in [2.24, 2.45) is 0 Å². The summed E-state index contributed by atoms with van der Waals surface area (Å²) in [5.74, 6) is 2.28. The maximum absolute atomic E-state index is 11.7. The van der Waals surface area contributed by atoms with E-state index < -0.39 is 5.25 Å². The normalized spacial score (nSPS) is 11.8. The van der Waals surface area contributed by atoms with Crippen molar-refractivity contribution in [3.8, 4) is 22.9 Å². The molecule has 9 nitrogen and oxygen atoms in total. The van der Waals surface area contributed by atoms with Gasteiger partial charge < -0.3 is 14.2 Å². The lowest BCUT2D eigenvalue weighted by molar-refractivity contribution is -0.479. The summed E-state index contributed by atoms with van der Waals surface area (Å²) in [5, 5.41) is 21.1. The molecule has 4 rings (SSSR count). The molecule has 4 aromatic rings. The molecular weight excluding hydrogens is 643 g/mol. The van der Waals surface area contributed by atoms with Crippen LogP contribution < -0.4 is 14.2 Å². The summed E-state index contributed by atoms with van der Waals surface area (Å²) < 4.78 is 19.7. The molecule has 3 aromatic carbocycles. The van der Waals surface area contributed by atoms with Crippen LogP contribution in [0.5, 0.6) is 17.2 Å². The number of halogens is 3. The number of thioether (sulfide) groups is 1. The average Bonchev–Trinajstić information content (AvgIpc) is 3.29. The lowest BCUT2D eigenvalue weighted by Crippen LogP contribution is -2.12. The number of rotatable bonds is 12. The molecule has 1 atom stereocenters. The Kier molecular flexibility index (Phi) is 10.2. The third kappa shape index (κ3) is 7.20. The number of aromatic nitrogens is 3. The number of nitrogens with zero attached hydrogens (tertiary/aromatic N) is 4. The second-order valence-corrected chi connectivity index (χ2v) is 11.3. The minimum absolute atomic E-state index is 0.215. The summed E-state index contributed by atoms with van der Waals surface area (Å²) in [6.07, 6.45) is 0. The van der Waals surface area contributed by atoms with Crippen LogP contribution in [-0.2, 0) is 6.61 Å². The van der Waals surface area contributed by atoms with Gasteiger partial charge in [0.1, 0.15) is 23.4 Å². The molecule has 1 heterocycles. The Hall–Kier alpha value is -2.99. The Morgan fingerprint density at radius 2 is 1.82 bits per heavy atom. The van der Waals surface area contributed by atoms with Crippen molar-refractivity contribution >= 4 is 50.9 Å². The highest BCUT2D eigenvalue weighted by molar-refractivity contribution is 9.10. The van der Waals surface area contributed by atoms with Crippen LogP contribution in [0.3, 0.4) is 0 Å². The van der Waals surface area contributed by atoms with Crippen molar-refractivity contribution < 1.29 is 19.1 Å². The minimum atomic E-state index is -0.602. The van der Waals surface area contributed by atoms with Crippen molar-refractivity contribution in [2.45, 2.75) is 30.9 Å². The number of methoxy groups -OCH3 is 1. The highest BCUT2D eigenvalue weighted by atomic mass is 79.9. The standard InChI is InChI=1S/C27H25BrCl2N4O5S/c1-4-38-24-13-18(12-21(28)26(24)39-15-17-5-10-22(29)23(30)11-17)25(14-33(35)36)40-27-32-31-16(2)34(27)19-6-8-20(37-3)9-7-19/h5-13,25H,4,14-15H2,1-3H3/t25-/m1/s1. The fourth-order valence-electron chi connectivity index (χ4n) is 3.88. The van der Waals surface area contributed by atoms with Gasteiger partial charge in [0.05, 0.1) is 28.2 Å². The van der Waals surface area contributed by atoms with Crippen LogP contribution in [0.4, 0.5) is 0 Å². The monoisotopic (exact) mass is 666 g/mol. The predicted octanol–water partition coefficient (Wildman–Crippen LogP) is 7.74. The van der Waals surface area contributed by atoms with Gasteiger partial charge >= 0.3 is 0 Å². The van der Waals surface area contributed by atoms with Gasteiger partial charge in [0, 0.05) is 10.6 Å². The molecule has 0 aliphatic rings. The summed E-state index contributed by atoms with van der Waals surface area (Å²) in [7, 11) is 1.60. The van der Waals surface area contributed by atoms with E-state index in [4.69, 9.17) is 37.4 Å². The Morgan fingerprint density at radius 1 is 1.07 bits per heavy atom. The largest absolute Gasteiger partial charge is 0.497 e. The Morgan fingerprint density at radius 3 is 2.48 bits per heavy atom. The van der Waals surface area contributed by atoms with Gasteiger partial charge in [0.25, 0.3) is 0 Å². The van der Waals surface area contributed by atoms with E-state index in [0.717, 1.165) is 11.3 Å². The van der Waals surface area contributed by atoms with Gasteiger partial charge in [-0.3, -0.25) is 14.7 Å². The Bertz CT molecular complexity index is 1500. The van der Waals surface area contributed by atoms with Crippen molar-refractivity contribution in [2.75, 3.05) is 20.3 Å². The van der Waals surface area contributed by atoms with Gasteiger partial charge in [-0.05, 0) is 89.4 Å². The Labute approximate surface area is 254 Å². The SMILES string of the molecule is CCOc1cc([C@@H](C[N+](=O)[O-])Sc2nnc(C)n2-c2ccc(OC)cc2)cc(Br)c1OCc1ccc(Cl)c(Cl)c1. The van der Waals surface area contributed by atoms with Crippen LogP contribution in [0.25, 0.3) is 5.69 Å². The third-order valence-electron chi connectivity index (χ3n) is 5.76. The third-order valence-corrected chi connectivity index (χ3v) is 8.27. The maximum atomic E-state index is 11.7. The van der Waals surface area contributed by atoms with E-state index in [2.05, 4.69) is 26.1 Å². The topological polar surface area (TPSA) is 102 Å². The van der Waals surface area contributed by atoms with E-state index in [-0.39, 0.29) is 18.1 Å². The molecule has 0 radical (unpaired) electrons. The van der Waals surface area contributed by atoms with Gasteiger partial charge in [-0.1, -0.05) is 41.0 Å². The summed E-state index contributed by atoms with van der Waals surface area (Å²) in [6, 6.07) is 16.3. The molecule has 40 heavy (non-hydrogen) atoms. The zero-order valence-corrected chi connectivity index (χ0v) is 25.7. The molecule has 0 saturated heterocycles. The number of hydrogen-bond donors (Lipinski definition) is 0. The summed E-state index contributed by atoms with van der Waals surface area (Å²) in [6.45, 7) is 3.92. The molecule has 0 amide bonds. The van der Waals surface area contributed by atoms with Gasteiger partial charge in [-0.25, -0.2) is 0 Å². The first-order chi connectivity index (χ1) is 19.2. The second-order valence-electron chi connectivity index (χ2n) is 8.49. The number of hydrogen-bond acceptors (Lipinski definition) is 8. The minimum Gasteiger partial charge on any atom is -0.497 e. The van der Waals surface area contributed by atoms with Gasteiger partial charge in [0.2, 0.25) is 6.54 Å². The van der Waals surface area contributed by atoms with Crippen LogP contribution in [-0.4, -0.2) is 39.9 Å². The molecule has 0 aliphatic heterocycles. The molecule has 0 bridgehead atoms. The molecule has 13 heteroatoms. The van der Waals surface area contributed by atoms with Crippen molar-refractivity contribution in [1.29, 1.82) is 0 Å². The number of aryl methyl sites for hydroxylation is 1. The molecule has 0 aliphatic carbocycles. The first-order valence-corrected chi connectivity index (χ1v) is 14.5. The number of benzene rings is 3.